The highest BCUT2D eigenvalue weighted by Crippen LogP contribution is 2.25. The summed E-state index contributed by atoms with van der Waals surface area (Å²) in [5.41, 5.74) is 7.02. The van der Waals surface area contributed by atoms with Crippen molar-refractivity contribution in [3.63, 3.8) is 0 Å². The van der Waals surface area contributed by atoms with Crippen molar-refractivity contribution in [2.24, 2.45) is 0 Å². The molecule has 0 aliphatic carbocycles. The number of hydrogen-bond donors (Lipinski definition) is 1. The number of nitrogens with two attached hydrogens (primary N) is 1. The van der Waals surface area contributed by atoms with Gasteiger partial charge in [0.05, 0.1) is 0 Å². The van der Waals surface area contributed by atoms with Crippen molar-refractivity contribution in [1.29, 1.82) is 0 Å². The molecule has 0 fully saturated rings. The summed E-state index contributed by atoms with van der Waals surface area (Å²) in [6.45, 7) is 3.56. The molecule has 1 nitrogen and oxygen atoms in total. The highest BCUT2D eigenvalue weighted by molar-refractivity contribution is 9.10. The Labute approximate surface area is 79.2 Å². The fourth-order valence-electron chi connectivity index (χ4n) is 0.962. The first-order valence-corrected chi connectivity index (χ1v) is 4.28. The van der Waals surface area contributed by atoms with Crippen molar-refractivity contribution < 1.29 is 4.39 Å². The summed E-state index contributed by atoms with van der Waals surface area (Å²) in [6, 6.07) is 2.77. The van der Waals surface area contributed by atoms with Crippen molar-refractivity contribution >= 4 is 21.6 Å². The van der Waals surface area contributed by atoms with Crippen LogP contribution in [0.3, 0.4) is 0 Å². The van der Waals surface area contributed by atoms with Crippen LogP contribution in [-0.2, 0) is 6.42 Å². The van der Waals surface area contributed by atoms with Gasteiger partial charge in [-0.3, -0.25) is 0 Å². The van der Waals surface area contributed by atoms with Crippen molar-refractivity contribution in [3.05, 3.63) is 40.6 Å². The molecule has 3 heteroatoms. The smallest absolute Gasteiger partial charge is 0.124 e. The summed E-state index contributed by atoms with van der Waals surface area (Å²) >= 11 is 3.17. The van der Waals surface area contributed by atoms with Gasteiger partial charge in [0, 0.05) is 10.2 Å². The van der Waals surface area contributed by atoms with E-state index in [1.165, 1.54) is 12.1 Å². The molecule has 0 radical (unpaired) electrons. The van der Waals surface area contributed by atoms with E-state index in [0.717, 1.165) is 5.56 Å². The van der Waals surface area contributed by atoms with Crippen LogP contribution < -0.4 is 5.73 Å². The molecule has 2 N–H and O–H groups in total. The Balaban J connectivity index is 3.17. The summed E-state index contributed by atoms with van der Waals surface area (Å²) in [4.78, 5) is 0. The molecule has 0 saturated carbocycles. The molecule has 0 amide bonds. The molecule has 64 valence electrons. The predicted molar refractivity (Wildman–Crippen MR) is 52.4 cm³/mol. The Morgan fingerprint density at radius 2 is 2.25 bits per heavy atom. The SMILES string of the molecule is C=CCc1cc(F)cc(Br)c1N. The molecule has 0 aliphatic rings. The molecule has 0 saturated heterocycles. The molecule has 0 aromatic heterocycles. The predicted octanol–water partition coefficient (Wildman–Crippen LogP) is 2.90. The molecule has 0 aliphatic heterocycles. The number of hydrogen-bond acceptors (Lipinski definition) is 1. The topological polar surface area (TPSA) is 26.0 Å². The van der Waals surface area contributed by atoms with Crippen molar-refractivity contribution in [1.82, 2.24) is 0 Å². The van der Waals surface area contributed by atoms with Gasteiger partial charge in [0.1, 0.15) is 5.82 Å². The molecule has 0 unspecified atom stereocenters. The van der Waals surface area contributed by atoms with Gasteiger partial charge < -0.3 is 5.73 Å². The Morgan fingerprint density at radius 1 is 1.58 bits per heavy atom. The fourth-order valence-corrected chi connectivity index (χ4v) is 1.44. The molecule has 0 bridgehead atoms. The van der Waals surface area contributed by atoms with Gasteiger partial charge in [-0.2, -0.15) is 0 Å². The van der Waals surface area contributed by atoms with Crippen molar-refractivity contribution in [2.75, 3.05) is 5.73 Å². The molecule has 1 rings (SSSR count). The molecule has 1 aromatic carbocycles. The minimum absolute atomic E-state index is 0.284. The van der Waals surface area contributed by atoms with Crippen LogP contribution in [0.5, 0.6) is 0 Å². The number of rotatable bonds is 2. The summed E-state index contributed by atoms with van der Waals surface area (Å²) in [7, 11) is 0. The standard InChI is InChI=1S/C9H9BrFN/c1-2-3-6-4-7(11)5-8(10)9(6)12/h2,4-5H,1,3,12H2. The van der Waals surface area contributed by atoms with E-state index in [1.54, 1.807) is 6.08 Å². The third kappa shape index (κ3) is 1.85. The van der Waals surface area contributed by atoms with E-state index in [2.05, 4.69) is 22.5 Å². The van der Waals surface area contributed by atoms with Gasteiger partial charge in [-0.05, 0) is 40.0 Å². The zero-order valence-electron chi connectivity index (χ0n) is 6.48. The molecular weight excluding hydrogens is 221 g/mol. The van der Waals surface area contributed by atoms with Gasteiger partial charge in [0.2, 0.25) is 0 Å². The average molecular weight is 230 g/mol. The monoisotopic (exact) mass is 229 g/mol. The zero-order chi connectivity index (χ0) is 9.14. The second-order valence-corrected chi connectivity index (χ2v) is 3.31. The van der Waals surface area contributed by atoms with E-state index in [9.17, 15) is 4.39 Å². The van der Waals surface area contributed by atoms with Crippen LogP contribution in [0.25, 0.3) is 0 Å². The summed E-state index contributed by atoms with van der Waals surface area (Å²) in [6.07, 6.45) is 2.28. The van der Waals surface area contributed by atoms with E-state index in [-0.39, 0.29) is 5.82 Å². The van der Waals surface area contributed by atoms with Crippen LogP contribution in [0.15, 0.2) is 29.3 Å². The van der Waals surface area contributed by atoms with E-state index >= 15 is 0 Å². The van der Waals surface area contributed by atoms with Gasteiger partial charge in [-0.1, -0.05) is 6.08 Å². The number of nitrogen functional groups attached to an aromatic ring is 1. The van der Waals surface area contributed by atoms with Crippen LogP contribution in [0.4, 0.5) is 10.1 Å². The lowest BCUT2D eigenvalue weighted by Gasteiger charge is -2.04. The first-order chi connectivity index (χ1) is 5.65. The van der Waals surface area contributed by atoms with E-state index < -0.39 is 0 Å². The summed E-state index contributed by atoms with van der Waals surface area (Å²) in [5.74, 6) is -0.284. The molecule has 1 aromatic rings. The Morgan fingerprint density at radius 3 is 2.83 bits per heavy atom. The average Bonchev–Trinajstić information content (AvgIpc) is 2.00. The first kappa shape index (κ1) is 9.26. The lowest BCUT2D eigenvalue weighted by molar-refractivity contribution is 0.625. The van der Waals surface area contributed by atoms with Crippen LogP contribution in [-0.4, -0.2) is 0 Å². The second kappa shape index (κ2) is 3.72. The quantitative estimate of drug-likeness (QED) is 0.613. The maximum Gasteiger partial charge on any atom is 0.124 e. The minimum atomic E-state index is -0.284. The van der Waals surface area contributed by atoms with Crippen LogP contribution in [0, 0.1) is 5.82 Å². The lowest BCUT2D eigenvalue weighted by Crippen LogP contribution is -1.95. The molecular formula is C9H9BrFN. The van der Waals surface area contributed by atoms with Gasteiger partial charge in [-0.15, -0.1) is 6.58 Å². The number of allylic oxidation sites excluding steroid dienone is 1. The third-order valence-electron chi connectivity index (χ3n) is 1.54. The van der Waals surface area contributed by atoms with E-state index in [1.807, 2.05) is 0 Å². The maximum atomic E-state index is 12.8. The highest BCUT2D eigenvalue weighted by Gasteiger charge is 2.04. The minimum Gasteiger partial charge on any atom is -0.398 e. The normalized spacial score (nSPS) is 9.83. The first-order valence-electron chi connectivity index (χ1n) is 3.49. The number of benzene rings is 1. The summed E-state index contributed by atoms with van der Waals surface area (Å²) < 4.78 is 13.4. The molecule has 12 heavy (non-hydrogen) atoms. The van der Waals surface area contributed by atoms with Gasteiger partial charge in [-0.25, -0.2) is 4.39 Å². The van der Waals surface area contributed by atoms with Gasteiger partial charge >= 0.3 is 0 Å². The van der Waals surface area contributed by atoms with Crippen molar-refractivity contribution in [3.8, 4) is 0 Å². The summed E-state index contributed by atoms with van der Waals surface area (Å²) in [5, 5.41) is 0. The Bertz CT molecular complexity index is 310. The Hall–Kier alpha value is -0.830. The second-order valence-electron chi connectivity index (χ2n) is 2.45. The molecule has 0 spiro atoms. The van der Waals surface area contributed by atoms with Crippen LogP contribution in [0.2, 0.25) is 0 Å². The lowest BCUT2D eigenvalue weighted by atomic mass is 10.1. The van der Waals surface area contributed by atoms with Crippen LogP contribution >= 0.6 is 15.9 Å². The van der Waals surface area contributed by atoms with E-state index in [0.29, 0.717) is 16.6 Å². The van der Waals surface area contributed by atoms with Gasteiger partial charge in [0.25, 0.3) is 0 Å². The van der Waals surface area contributed by atoms with E-state index in [4.69, 9.17) is 5.73 Å². The number of halogens is 2. The maximum absolute atomic E-state index is 12.8. The van der Waals surface area contributed by atoms with Gasteiger partial charge in [0.15, 0.2) is 0 Å². The molecule has 0 atom stereocenters. The third-order valence-corrected chi connectivity index (χ3v) is 2.20. The fraction of sp³-hybridized carbons (Fsp3) is 0.111. The van der Waals surface area contributed by atoms with Crippen LogP contribution in [0.1, 0.15) is 5.56 Å². The highest BCUT2D eigenvalue weighted by atomic mass is 79.9. The number of anilines is 1. The largest absolute Gasteiger partial charge is 0.398 e. The van der Waals surface area contributed by atoms with Crippen molar-refractivity contribution in [2.45, 2.75) is 6.42 Å². The zero-order valence-corrected chi connectivity index (χ0v) is 8.07. The Kier molecular flexibility index (Phi) is 2.87. The molecule has 0 heterocycles.